The van der Waals surface area contributed by atoms with Crippen LogP contribution < -0.4 is 11.3 Å². The molecule has 7 nitrogen and oxygen atoms in total. The van der Waals surface area contributed by atoms with Crippen molar-refractivity contribution in [1.29, 1.82) is 0 Å². The maximum Gasteiger partial charge on any atom is 0.244 e. The molecule has 0 aliphatic rings. The second kappa shape index (κ2) is 6.24. The molecule has 2 heterocycles. The Hall–Kier alpha value is -1.26. The van der Waals surface area contributed by atoms with Gasteiger partial charge in [0.25, 0.3) is 0 Å². The monoisotopic (exact) mass is 347 g/mol. The summed E-state index contributed by atoms with van der Waals surface area (Å²) in [4.78, 5) is 8.12. The minimum absolute atomic E-state index is 0.000881. The highest BCUT2D eigenvalue weighted by atomic mass is 35.5. The van der Waals surface area contributed by atoms with Crippen molar-refractivity contribution in [3.63, 3.8) is 0 Å². The van der Waals surface area contributed by atoms with Gasteiger partial charge in [0.05, 0.1) is 22.3 Å². The van der Waals surface area contributed by atoms with Gasteiger partial charge in [-0.2, -0.15) is 4.31 Å². The molecule has 114 valence electrons. The molecule has 0 spiro atoms. The predicted octanol–water partition coefficient (Wildman–Crippen LogP) is 1.61. The number of hydrogen-bond acceptors (Lipinski definition) is 7. The molecule has 0 aromatic carbocycles. The summed E-state index contributed by atoms with van der Waals surface area (Å²) in [6.45, 7) is 2.05. The van der Waals surface area contributed by atoms with Gasteiger partial charge in [0, 0.05) is 18.6 Å². The first-order chi connectivity index (χ1) is 9.84. The molecule has 0 amide bonds. The van der Waals surface area contributed by atoms with E-state index in [0.29, 0.717) is 5.69 Å². The Balaban J connectivity index is 2.26. The van der Waals surface area contributed by atoms with Crippen LogP contribution in [0.3, 0.4) is 0 Å². The standard InChI is InChI=1S/C11H14ClN5O2S2/c1-7-15-8(6-20-7)5-17(2)21(18,19)9-3-10(12)11(16-13)14-4-9/h3-4,6H,5,13H2,1-2H3,(H,14,16). The van der Waals surface area contributed by atoms with Gasteiger partial charge in [0.1, 0.15) is 4.90 Å². The Labute approximate surface area is 131 Å². The Morgan fingerprint density at radius 3 is 2.76 bits per heavy atom. The zero-order chi connectivity index (χ0) is 15.6. The molecule has 0 bridgehead atoms. The number of nitrogens with one attached hydrogen (secondary N) is 1. The summed E-state index contributed by atoms with van der Waals surface area (Å²) in [6, 6.07) is 1.31. The van der Waals surface area contributed by atoms with Crippen molar-refractivity contribution in [2.24, 2.45) is 5.84 Å². The molecule has 0 aliphatic heterocycles. The molecule has 0 aliphatic carbocycles. The number of halogens is 1. The fraction of sp³-hybridized carbons (Fsp3) is 0.273. The summed E-state index contributed by atoms with van der Waals surface area (Å²) >= 11 is 7.38. The van der Waals surface area contributed by atoms with Crippen LogP contribution in [0.4, 0.5) is 5.82 Å². The molecule has 0 radical (unpaired) electrons. The second-order valence-electron chi connectivity index (χ2n) is 4.26. The van der Waals surface area contributed by atoms with Crippen molar-refractivity contribution in [2.45, 2.75) is 18.4 Å². The topological polar surface area (TPSA) is 101 Å². The number of hydrogen-bond donors (Lipinski definition) is 2. The number of anilines is 1. The van der Waals surface area contributed by atoms with Gasteiger partial charge in [-0.1, -0.05) is 11.6 Å². The molecule has 3 N–H and O–H groups in total. The minimum Gasteiger partial charge on any atom is -0.307 e. The van der Waals surface area contributed by atoms with E-state index in [1.165, 1.54) is 35.0 Å². The SMILES string of the molecule is Cc1nc(CN(C)S(=O)(=O)c2cnc(NN)c(Cl)c2)cs1. The van der Waals surface area contributed by atoms with Crippen molar-refractivity contribution in [3.8, 4) is 0 Å². The Kier molecular flexibility index (Phi) is 4.79. The quantitative estimate of drug-likeness (QED) is 0.629. The average Bonchev–Trinajstić information content (AvgIpc) is 2.83. The highest BCUT2D eigenvalue weighted by Crippen LogP contribution is 2.24. The zero-order valence-corrected chi connectivity index (χ0v) is 13.8. The van der Waals surface area contributed by atoms with Crippen LogP contribution in [-0.2, 0) is 16.6 Å². The van der Waals surface area contributed by atoms with E-state index in [2.05, 4.69) is 15.4 Å². The highest BCUT2D eigenvalue weighted by Gasteiger charge is 2.23. The molecule has 0 unspecified atom stereocenters. The Morgan fingerprint density at radius 1 is 1.52 bits per heavy atom. The van der Waals surface area contributed by atoms with E-state index in [9.17, 15) is 8.42 Å². The third-order valence-electron chi connectivity index (χ3n) is 2.71. The molecule has 0 saturated carbocycles. The number of nitrogen functional groups attached to an aromatic ring is 1. The number of aryl methyl sites for hydroxylation is 1. The molecular formula is C11H14ClN5O2S2. The molecule has 10 heteroatoms. The maximum atomic E-state index is 12.4. The van der Waals surface area contributed by atoms with Crippen LogP contribution in [0.2, 0.25) is 5.02 Å². The van der Waals surface area contributed by atoms with Crippen LogP contribution in [0.1, 0.15) is 10.7 Å². The van der Waals surface area contributed by atoms with E-state index in [1.807, 2.05) is 12.3 Å². The number of hydrazine groups is 1. The number of pyridine rings is 1. The van der Waals surface area contributed by atoms with Gasteiger partial charge in [0.2, 0.25) is 10.0 Å². The van der Waals surface area contributed by atoms with Gasteiger partial charge < -0.3 is 5.43 Å². The smallest absolute Gasteiger partial charge is 0.244 e. The molecule has 2 aromatic rings. The van der Waals surface area contributed by atoms with Crippen molar-refractivity contribution >= 4 is 38.8 Å². The first-order valence-corrected chi connectivity index (χ1v) is 8.54. The van der Waals surface area contributed by atoms with Crippen LogP contribution >= 0.6 is 22.9 Å². The number of rotatable bonds is 5. The minimum atomic E-state index is -3.69. The number of thiazole rings is 1. The first-order valence-electron chi connectivity index (χ1n) is 5.84. The summed E-state index contributed by atoms with van der Waals surface area (Å²) in [5.74, 6) is 5.43. The van der Waals surface area contributed by atoms with E-state index >= 15 is 0 Å². The number of nitrogens with two attached hydrogens (primary N) is 1. The molecule has 21 heavy (non-hydrogen) atoms. The fourth-order valence-corrected chi connectivity index (χ4v) is 3.65. The summed E-state index contributed by atoms with van der Waals surface area (Å²) in [5.41, 5.74) is 2.98. The lowest BCUT2D eigenvalue weighted by Gasteiger charge is -2.16. The largest absolute Gasteiger partial charge is 0.307 e. The van der Waals surface area contributed by atoms with Gasteiger partial charge in [0.15, 0.2) is 5.82 Å². The van der Waals surface area contributed by atoms with E-state index in [0.717, 1.165) is 5.01 Å². The Bertz CT molecular complexity index is 747. The molecule has 0 saturated heterocycles. The van der Waals surface area contributed by atoms with E-state index in [1.54, 1.807) is 0 Å². The first kappa shape index (κ1) is 16.1. The van der Waals surface area contributed by atoms with E-state index in [4.69, 9.17) is 17.4 Å². The fourth-order valence-electron chi connectivity index (χ4n) is 1.64. The summed E-state index contributed by atoms with van der Waals surface area (Å²) in [7, 11) is -2.21. The lowest BCUT2D eigenvalue weighted by molar-refractivity contribution is 0.462. The average molecular weight is 348 g/mol. The number of sulfonamides is 1. The van der Waals surface area contributed by atoms with Gasteiger partial charge in [-0.15, -0.1) is 11.3 Å². The molecular weight excluding hydrogens is 334 g/mol. The molecule has 0 atom stereocenters. The number of aromatic nitrogens is 2. The van der Waals surface area contributed by atoms with Gasteiger partial charge in [-0.3, -0.25) is 0 Å². The van der Waals surface area contributed by atoms with Crippen molar-refractivity contribution in [1.82, 2.24) is 14.3 Å². The van der Waals surface area contributed by atoms with Crippen LogP contribution in [0.25, 0.3) is 0 Å². The zero-order valence-electron chi connectivity index (χ0n) is 11.4. The third-order valence-corrected chi connectivity index (χ3v) is 5.59. The highest BCUT2D eigenvalue weighted by molar-refractivity contribution is 7.89. The molecule has 0 fully saturated rings. The van der Waals surface area contributed by atoms with Gasteiger partial charge in [-0.25, -0.2) is 24.2 Å². The van der Waals surface area contributed by atoms with Crippen molar-refractivity contribution < 1.29 is 8.42 Å². The molecule has 2 rings (SSSR count). The lowest BCUT2D eigenvalue weighted by Crippen LogP contribution is -2.27. The lowest BCUT2D eigenvalue weighted by atomic mass is 10.5. The van der Waals surface area contributed by atoms with Crippen LogP contribution in [0.5, 0.6) is 0 Å². The summed E-state index contributed by atoms with van der Waals surface area (Å²) in [5, 5.41) is 2.85. The van der Waals surface area contributed by atoms with Crippen LogP contribution in [0, 0.1) is 6.92 Å². The normalized spacial score (nSPS) is 11.9. The van der Waals surface area contributed by atoms with E-state index in [-0.39, 0.29) is 22.3 Å². The second-order valence-corrected chi connectivity index (χ2v) is 7.78. The van der Waals surface area contributed by atoms with Gasteiger partial charge in [-0.05, 0) is 13.0 Å². The van der Waals surface area contributed by atoms with Gasteiger partial charge >= 0.3 is 0 Å². The summed E-state index contributed by atoms with van der Waals surface area (Å²) < 4.78 is 26.1. The van der Waals surface area contributed by atoms with E-state index < -0.39 is 10.0 Å². The summed E-state index contributed by atoms with van der Waals surface area (Å²) in [6.07, 6.45) is 1.21. The molecule has 2 aromatic heterocycles. The predicted molar refractivity (Wildman–Crippen MR) is 82.6 cm³/mol. The van der Waals surface area contributed by atoms with Crippen molar-refractivity contribution in [3.05, 3.63) is 33.4 Å². The van der Waals surface area contributed by atoms with Crippen LogP contribution in [-0.4, -0.2) is 29.7 Å². The van der Waals surface area contributed by atoms with Crippen LogP contribution in [0.15, 0.2) is 22.5 Å². The third kappa shape index (κ3) is 3.50. The Morgan fingerprint density at radius 2 is 2.24 bits per heavy atom. The number of nitrogens with zero attached hydrogens (tertiary/aromatic N) is 3. The maximum absolute atomic E-state index is 12.4. The van der Waals surface area contributed by atoms with Crippen molar-refractivity contribution in [2.75, 3.05) is 12.5 Å².